The number of carbonyl (C=O) groups is 3. The van der Waals surface area contributed by atoms with Gasteiger partial charge in [0.2, 0.25) is 5.91 Å². The Morgan fingerprint density at radius 2 is 2.04 bits per heavy atom. The van der Waals surface area contributed by atoms with Crippen LogP contribution in [-0.4, -0.2) is 62.1 Å². The van der Waals surface area contributed by atoms with Crippen LogP contribution in [0.3, 0.4) is 0 Å². The lowest BCUT2D eigenvalue weighted by Gasteiger charge is -2.26. The zero-order chi connectivity index (χ0) is 18.2. The first kappa shape index (κ1) is 18.7. The molecule has 3 N–H and O–H groups in total. The van der Waals surface area contributed by atoms with Gasteiger partial charge in [-0.25, -0.2) is 4.79 Å². The third-order valence-electron chi connectivity index (χ3n) is 3.96. The number of anilines is 1. The standard InChI is InChI=1S/C17H24N4O4/c1-12-11-19-15(22)7-9-21(12)17(24)20-14-5-3-13(4-6-14)16(23)18-8-10-25-2/h3-6,12H,7-11H2,1-2H3,(H,18,23)(H,19,22)(H,20,24)/t12-/m1/s1. The van der Waals surface area contributed by atoms with Crippen molar-refractivity contribution < 1.29 is 19.1 Å². The molecule has 0 saturated carbocycles. The third kappa shape index (κ3) is 5.46. The number of amides is 4. The molecule has 1 atom stereocenters. The van der Waals surface area contributed by atoms with Crippen molar-refractivity contribution >= 4 is 23.5 Å². The van der Waals surface area contributed by atoms with Crippen molar-refractivity contribution in [3.63, 3.8) is 0 Å². The molecule has 25 heavy (non-hydrogen) atoms. The Morgan fingerprint density at radius 1 is 1.32 bits per heavy atom. The number of hydrogen-bond donors (Lipinski definition) is 3. The molecule has 1 saturated heterocycles. The second kappa shape index (κ2) is 9.03. The van der Waals surface area contributed by atoms with Gasteiger partial charge in [-0.05, 0) is 31.2 Å². The van der Waals surface area contributed by atoms with Crippen molar-refractivity contribution in [1.82, 2.24) is 15.5 Å². The zero-order valence-electron chi connectivity index (χ0n) is 14.5. The van der Waals surface area contributed by atoms with Crippen LogP contribution in [0.25, 0.3) is 0 Å². The summed E-state index contributed by atoms with van der Waals surface area (Å²) in [6, 6.07) is 6.30. The molecule has 1 aromatic rings. The fraction of sp³-hybridized carbons (Fsp3) is 0.471. The summed E-state index contributed by atoms with van der Waals surface area (Å²) in [6.07, 6.45) is 0.290. The van der Waals surface area contributed by atoms with Crippen LogP contribution >= 0.6 is 0 Å². The molecule has 0 bridgehead atoms. The number of carbonyl (C=O) groups excluding carboxylic acids is 3. The van der Waals surface area contributed by atoms with Crippen LogP contribution in [0.15, 0.2) is 24.3 Å². The van der Waals surface area contributed by atoms with E-state index in [9.17, 15) is 14.4 Å². The van der Waals surface area contributed by atoms with Crippen molar-refractivity contribution in [2.24, 2.45) is 0 Å². The van der Waals surface area contributed by atoms with E-state index in [1.54, 1.807) is 36.3 Å². The van der Waals surface area contributed by atoms with Crippen LogP contribution in [-0.2, 0) is 9.53 Å². The Kier molecular flexibility index (Phi) is 6.76. The average molecular weight is 348 g/mol. The van der Waals surface area contributed by atoms with Crippen molar-refractivity contribution in [2.75, 3.05) is 38.7 Å². The van der Waals surface area contributed by atoms with E-state index in [1.807, 2.05) is 6.92 Å². The van der Waals surface area contributed by atoms with Gasteiger partial charge >= 0.3 is 6.03 Å². The maximum Gasteiger partial charge on any atom is 0.322 e. The fourth-order valence-electron chi connectivity index (χ4n) is 2.47. The van der Waals surface area contributed by atoms with Crippen LogP contribution in [0.2, 0.25) is 0 Å². The lowest BCUT2D eigenvalue weighted by atomic mass is 10.2. The van der Waals surface area contributed by atoms with E-state index in [2.05, 4.69) is 16.0 Å². The highest BCUT2D eigenvalue weighted by Crippen LogP contribution is 2.13. The van der Waals surface area contributed by atoms with Gasteiger partial charge in [0, 0.05) is 50.5 Å². The van der Waals surface area contributed by atoms with Crippen LogP contribution < -0.4 is 16.0 Å². The maximum absolute atomic E-state index is 12.4. The van der Waals surface area contributed by atoms with E-state index in [0.717, 1.165) is 0 Å². The molecule has 8 heteroatoms. The monoisotopic (exact) mass is 348 g/mol. The molecule has 0 spiro atoms. The molecule has 8 nitrogen and oxygen atoms in total. The first-order valence-electron chi connectivity index (χ1n) is 8.22. The Hall–Kier alpha value is -2.61. The van der Waals surface area contributed by atoms with Crippen LogP contribution in [0.5, 0.6) is 0 Å². The van der Waals surface area contributed by atoms with E-state index < -0.39 is 0 Å². The number of nitrogens with zero attached hydrogens (tertiary/aromatic N) is 1. The number of methoxy groups -OCH3 is 1. The zero-order valence-corrected chi connectivity index (χ0v) is 14.5. The molecular weight excluding hydrogens is 324 g/mol. The molecule has 2 rings (SSSR count). The molecule has 0 unspecified atom stereocenters. The lowest BCUT2D eigenvalue weighted by molar-refractivity contribution is -0.120. The Bertz CT molecular complexity index is 618. The highest BCUT2D eigenvalue weighted by atomic mass is 16.5. The molecule has 4 amide bonds. The first-order valence-corrected chi connectivity index (χ1v) is 8.22. The van der Waals surface area contributed by atoms with Gasteiger partial charge < -0.3 is 25.6 Å². The summed E-state index contributed by atoms with van der Waals surface area (Å²) in [5.74, 6) is -0.244. The van der Waals surface area contributed by atoms with Gasteiger partial charge in [0.05, 0.1) is 6.61 Å². The summed E-state index contributed by atoms with van der Waals surface area (Å²) in [7, 11) is 1.57. The van der Waals surface area contributed by atoms with Crippen molar-refractivity contribution in [3.8, 4) is 0 Å². The Labute approximate surface area is 146 Å². The topological polar surface area (TPSA) is 99.8 Å². The first-order chi connectivity index (χ1) is 12.0. The van der Waals surface area contributed by atoms with Gasteiger partial charge in [0.15, 0.2) is 0 Å². The van der Waals surface area contributed by atoms with Gasteiger partial charge in [-0.2, -0.15) is 0 Å². The molecule has 1 aliphatic heterocycles. The number of nitrogens with one attached hydrogen (secondary N) is 3. The second-order valence-electron chi connectivity index (χ2n) is 5.85. The minimum absolute atomic E-state index is 0.0500. The van der Waals surface area contributed by atoms with Crippen LogP contribution in [0, 0.1) is 0 Å². The molecule has 0 radical (unpaired) electrons. The number of ether oxygens (including phenoxy) is 1. The smallest absolute Gasteiger partial charge is 0.322 e. The molecule has 1 heterocycles. The highest BCUT2D eigenvalue weighted by molar-refractivity contribution is 5.95. The largest absolute Gasteiger partial charge is 0.383 e. The summed E-state index contributed by atoms with van der Waals surface area (Å²) >= 11 is 0. The van der Waals surface area contributed by atoms with Gasteiger partial charge in [-0.1, -0.05) is 0 Å². The van der Waals surface area contributed by atoms with Crippen molar-refractivity contribution in [3.05, 3.63) is 29.8 Å². The maximum atomic E-state index is 12.4. The third-order valence-corrected chi connectivity index (χ3v) is 3.96. The van der Waals surface area contributed by atoms with Crippen molar-refractivity contribution in [2.45, 2.75) is 19.4 Å². The van der Waals surface area contributed by atoms with E-state index in [-0.39, 0.29) is 23.9 Å². The molecule has 1 aliphatic rings. The van der Waals surface area contributed by atoms with E-state index in [4.69, 9.17) is 4.74 Å². The SMILES string of the molecule is COCCNC(=O)c1ccc(NC(=O)N2CCC(=O)NC[C@H]2C)cc1. The number of rotatable bonds is 5. The van der Waals surface area contributed by atoms with Gasteiger partial charge in [-0.3, -0.25) is 9.59 Å². The number of urea groups is 1. The van der Waals surface area contributed by atoms with Gasteiger partial charge in [0.1, 0.15) is 0 Å². The molecule has 1 aromatic carbocycles. The molecule has 136 valence electrons. The summed E-state index contributed by atoms with van der Waals surface area (Å²) in [4.78, 5) is 37.4. The second-order valence-corrected chi connectivity index (χ2v) is 5.85. The predicted octanol–water partition coefficient (Wildman–Crippen LogP) is 0.805. The normalized spacial score (nSPS) is 17.4. The van der Waals surface area contributed by atoms with E-state index in [0.29, 0.717) is 43.9 Å². The average Bonchev–Trinajstić information content (AvgIpc) is 2.77. The quantitative estimate of drug-likeness (QED) is 0.686. The van der Waals surface area contributed by atoms with Crippen LogP contribution in [0.4, 0.5) is 10.5 Å². The summed E-state index contributed by atoms with van der Waals surface area (Å²) < 4.78 is 4.88. The van der Waals surface area contributed by atoms with E-state index >= 15 is 0 Å². The minimum atomic E-state index is -0.263. The number of hydrogen-bond acceptors (Lipinski definition) is 4. The Morgan fingerprint density at radius 3 is 2.72 bits per heavy atom. The van der Waals surface area contributed by atoms with Crippen molar-refractivity contribution in [1.29, 1.82) is 0 Å². The molecule has 1 fully saturated rings. The van der Waals surface area contributed by atoms with E-state index in [1.165, 1.54) is 0 Å². The Balaban J connectivity index is 1.92. The summed E-state index contributed by atoms with van der Waals surface area (Å²) in [5, 5.41) is 8.30. The van der Waals surface area contributed by atoms with Gasteiger partial charge in [-0.15, -0.1) is 0 Å². The van der Waals surface area contributed by atoms with Crippen LogP contribution in [0.1, 0.15) is 23.7 Å². The predicted molar refractivity (Wildman–Crippen MR) is 93.5 cm³/mol. The summed E-state index contributed by atoms with van der Waals surface area (Å²) in [5.41, 5.74) is 1.10. The highest BCUT2D eigenvalue weighted by Gasteiger charge is 2.24. The minimum Gasteiger partial charge on any atom is -0.383 e. The summed E-state index contributed by atoms with van der Waals surface area (Å²) in [6.45, 7) is 3.59. The number of benzene rings is 1. The fourth-order valence-corrected chi connectivity index (χ4v) is 2.47. The molecule has 0 aliphatic carbocycles. The molecule has 0 aromatic heterocycles. The molecular formula is C17H24N4O4. The van der Waals surface area contributed by atoms with Gasteiger partial charge in [0.25, 0.3) is 5.91 Å². The lowest BCUT2D eigenvalue weighted by Crippen LogP contribution is -2.44.